The maximum Gasteiger partial charge on any atom is 0.251 e. The van der Waals surface area contributed by atoms with Gasteiger partial charge >= 0.3 is 0 Å². The van der Waals surface area contributed by atoms with Gasteiger partial charge in [-0.15, -0.1) is 0 Å². The number of hydrogen-bond acceptors (Lipinski definition) is 2. The van der Waals surface area contributed by atoms with Crippen LogP contribution in [0.5, 0.6) is 5.75 Å². The monoisotopic (exact) mass is 221 g/mol. The molecule has 1 atom stereocenters. The summed E-state index contributed by atoms with van der Waals surface area (Å²) in [6, 6.07) is 5.16. The van der Waals surface area contributed by atoms with Gasteiger partial charge in [-0.3, -0.25) is 4.79 Å². The Morgan fingerprint density at radius 2 is 2.19 bits per heavy atom. The number of benzene rings is 1. The van der Waals surface area contributed by atoms with Crippen LogP contribution in [0.4, 0.5) is 0 Å². The van der Waals surface area contributed by atoms with E-state index >= 15 is 0 Å². The van der Waals surface area contributed by atoms with Gasteiger partial charge in [-0.2, -0.15) is 0 Å². The molecule has 0 saturated carbocycles. The number of phenolic OH excluding ortho intramolecular Hbond substituents is 1. The zero-order valence-electron chi connectivity index (χ0n) is 10.1. The minimum Gasteiger partial charge on any atom is -0.508 e. The fourth-order valence-electron chi connectivity index (χ4n) is 1.68. The molecule has 1 amide bonds. The van der Waals surface area contributed by atoms with Crippen LogP contribution >= 0.6 is 0 Å². The molecule has 88 valence electrons. The average molecular weight is 221 g/mol. The van der Waals surface area contributed by atoms with E-state index in [1.54, 1.807) is 25.1 Å². The highest BCUT2D eigenvalue weighted by molar-refractivity contribution is 5.96. The summed E-state index contributed by atoms with van der Waals surface area (Å²) in [6.07, 6.45) is 2.00. The number of hydrogen-bond donors (Lipinski definition) is 2. The van der Waals surface area contributed by atoms with Crippen molar-refractivity contribution in [2.75, 3.05) is 0 Å². The second kappa shape index (κ2) is 5.54. The molecule has 1 aromatic carbocycles. The van der Waals surface area contributed by atoms with E-state index in [0.29, 0.717) is 11.1 Å². The van der Waals surface area contributed by atoms with Gasteiger partial charge in [0.25, 0.3) is 5.91 Å². The number of nitrogens with one attached hydrogen (secondary N) is 1. The van der Waals surface area contributed by atoms with Crippen LogP contribution in [0.2, 0.25) is 0 Å². The molecule has 0 saturated heterocycles. The fourth-order valence-corrected chi connectivity index (χ4v) is 1.68. The van der Waals surface area contributed by atoms with Crippen molar-refractivity contribution >= 4 is 5.91 Å². The van der Waals surface area contributed by atoms with Gasteiger partial charge in [-0.1, -0.05) is 19.4 Å². The van der Waals surface area contributed by atoms with Crippen LogP contribution in [0.3, 0.4) is 0 Å². The molecule has 0 aliphatic rings. The van der Waals surface area contributed by atoms with E-state index in [9.17, 15) is 9.90 Å². The molecule has 0 radical (unpaired) electrons. The third-order valence-electron chi connectivity index (χ3n) is 2.65. The highest BCUT2D eigenvalue weighted by atomic mass is 16.3. The largest absolute Gasteiger partial charge is 0.508 e. The maximum atomic E-state index is 11.9. The molecule has 0 heterocycles. The first kappa shape index (κ1) is 12.6. The molecule has 1 aromatic rings. The average Bonchev–Trinajstić information content (AvgIpc) is 2.22. The standard InChI is InChI=1S/C13H19NO2/c1-4-6-9(2)14-13(16)11-7-5-8-12(15)10(11)3/h5,7-9,15H,4,6H2,1-3H3,(H,14,16). The molecule has 3 heteroatoms. The molecule has 1 unspecified atom stereocenters. The molecule has 0 aromatic heterocycles. The van der Waals surface area contributed by atoms with E-state index in [1.165, 1.54) is 0 Å². The number of rotatable bonds is 4. The van der Waals surface area contributed by atoms with Crippen molar-refractivity contribution in [2.24, 2.45) is 0 Å². The molecular weight excluding hydrogens is 202 g/mol. The summed E-state index contributed by atoms with van der Waals surface area (Å²) >= 11 is 0. The second-order valence-electron chi connectivity index (χ2n) is 4.11. The van der Waals surface area contributed by atoms with Gasteiger partial charge in [0, 0.05) is 17.2 Å². The summed E-state index contributed by atoms with van der Waals surface area (Å²) in [5.41, 5.74) is 1.17. The Labute approximate surface area is 96.5 Å². The van der Waals surface area contributed by atoms with Gasteiger partial charge in [0.2, 0.25) is 0 Å². The highest BCUT2D eigenvalue weighted by Crippen LogP contribution is 2.19. The Bertz CT molecular complexity index is 374. The lowest BCUT2D eigenvalue weighted by Gasteiger charge is -2.14. The van der Waals surface area contributed by atoms with Crippen LogP contribution in [0.1, 0.15) is 42.6 Å². The van der Waals surface area contributed by atoms with Crippen LogP contribution in [0, 0.1) is 6.92 Å². The quantitative estimate of drug-likeness (QED) is 0.821. The molecule has 0 bridgehead atoms. The smallest absolute Gasteiger partial charge is 0.251 e. The van der Waals surface area contributed by atoms with Crippen LogP contribution in [0.25, 0.3) is 0 Å². The van der Waals surface area contributed by atoms with E-state index < -0.39 is 0 Å². The summed E-state index contributed by atoms with van der Waals surface area (Å²) in [7, 11) is 0. The van der Waals surface area contributed by atoms with Gasteiger partial charge in [0.05, 0.1) is 0 Å². The minimum absolute atomic E-state index is 0.116. The van der Waals surface area contributed by atoms with Crippen LogP contribution in [-0.4, -0.2) is 17.1 Å². The van der Waals surface area contributed by atoms with Crippen LogP contribution in [-0.2, 0) is 0 Å². The second-order valence-corrected chi connectivity index (χ2v) is 4.11. The van der Waals surface area contributed by atoms with Crippen LogP contribution < -0.4 is 5.32 Å². The fraction of sp³-hybridized carbons (Fsp3) is 0.462. The molecule has 0 aliphatic carbocycles. The molecular formula is C13H19NO2. The van der Waals surface area contributed by atoms with Crippen molar-refractivity contribution in [1.29, 1.82) is 0 Å². The molecule has 1 rings (SSSR count). The van der Waals surface area contributed by atoms with Gasteiger partial charge in [0.1, 0.15) is 5.75 Å². The Balaban J connectivity index is 2.77. The van der Waals surface area contributed by atoms with E-state index in [2.05, 4.69) is 12.2 Å². The van der Waals surface area contributed by atoms with E-state index in [-0.39, 0.29) is 17.7 Å². The van der Waals surface area contributed by atoms with Crippen molar-refractivity contribution in [3.8, 4) is 5.75 Å². The zero-order valence-corrected chi connectivity index (χ0v) is 10.1. The summed E-state index contributed by atoms with van der Waals surface area (Å²) in [4.78, 5) is 11.9. The summed E-state index contributed by atoms with van der Waals surface area (Å²) in [5, 5.41) is 12.4. The Hall–Kier alpha value is -1.51. The predicted octanol–water partition coefficient (Wildman–Crippen LogP) is 2.62. The lowest BCUT2D eigenvalue weighted by Crippen LogP contribution is -2.32. The van der Waals surface area contributed by atoms with Crippen LogP contribution in [0.15, 0.2) is 18.2 Å². The molecule has 0 spiro atoms. The first-order chi connectivity index (χ1) is 7.56. The van der Waals surface area contributed by atoms with Crippen molar-refractivity contribution in [1.82, 2.24) is 5.32 Å². The lowest BCUT2D eigenvalue weighted by molar-refractivity contribution is 0.0937. The minimum atomic E-state index is -0.116. The van der Waals surface area contributed by atoms with Crippen molar-refractivity contribution in [3.63, 3.8) is 0 Å². The third-order valence-corrected chi connectivity index (χ3v) is 2.65. The summed E-state index contributed by atoms with van der Waals surface area (Å²) in [5.74, 6) is 0.0464. The number of phenols is 1. The molecule has 16 heavy (non-hydrogen) atoms. The number of aromatic hydroxyl groups is 1. The van der Waals surface area contributed by atoms with Gasteiger partial charge in [-0.05, 0) is 32.4 Å². The maximum absolute atomic E-state index is 11.9. The Morgan fingerprint density at radius 3 is 2.81 bits per heavy atom. The van der Waals surface area contributed by atoms with Crippen molar-refractivity contribution < 1.29 is 9.90 Å². The van der Waals surface area contributed by atoms with Crippen molar-refractivity contribution in [2.45, 2.75) is 39.7 Å². The molecule has 0 fully saturated rings. The van der Waals surface area contributed by atoms with Crippen molar-refractivity contribution in [3.05, 3.63) is 29.3 Å². The van der Waals surface area contributed by atoms with E-state index in [1.807, 2.05) is 6.92 Å². The first-order valence-electron chi connectivity index (χ1n) is 5.65. The molecule has 0 aliphatic heterocycles. The van der Waals surface area contributed by atoms with Gasteiger partial charge in [-0.25, -0.2) is 0 Å². The molecule has 2 N–H and O–H groups in total. The van der Waals surface area contributed by atoms with E-state index in [4.69, 9.17) is 0 Å². The highest BCUT2D eigenvalue weighted by Gasteiger charge is 2.12. The zero-order chi connectivity index (χ0) is 12.1. The SMILES string of the molecule is CCCC(C)NC(=O)c1cccc(O)c1C. The topological polar surface area (TPSA) is 49.3 Å². The number of amides is 1. The summed E-state index contributed by atoms with van der Waals surface area (Å²) in [6.45, 7) is 5.82. The van der Waals surface area contributed by atoms with Gasteiger partial charge < -0.3 is 10.4 Å². The third kappa shape index (κ3) is 2.99. The summed E-state index contributed by atoms with van der Waals surface area (Å²) < 4.78 is 0. The van der Waals surface area contributed by atoms with E-state index in [0.717, 1.165) is 12.8 Å². The number of carbonyl (C=O) groups is 1. The van der Waals surface area contributed by atoms with Gasteiger partial charge in [0.15, 0.2) is 0 Å². The number of carbonyl (C=O) groups excluding carboxylic acids is 1. The predicted molar refractivity (Wildman–Crippen MR) is 64.7 cm³/mol. The Kier molecular flexibility index (Phi) is 4.35. The normalized spacial score (nSPS) is 12.2. The molecule has 3 nitrogen and oxygen atoms in total. The first-order valence-corrected chi connectivity index (χ1v) is 5.65. The Morgan fingerprint density at radius 1 is 1.50 bits per heavy atom. The lowest BCUT2D eigenvalue weighted by atomic mass is 10.1.